The zero-order chi connectivity index (χ0) is 34.3. The van der Waals surface area contributed by atoms with E-state index in [4.69, 9.17) is 4.74 Å². The fourth-order valence-electron chi connectivity index (χ4n) is 11.2. The van der Waals surface area contributed by atoms with Crippen LogP contribution < -0.4 is 0 Å². The first-order valence-corrected chi connectivity index (χ1v) is 17.8. The van der Waals surface area contributed by atoms with Crippen molar-refractivity contribution in [2.45, 2.75) is 128 Å². The molecule has 1 aliphatic heterocycles. The Morgan fingerprint density at radius 3 is 2.38 bits per heavy atom. The standard InChI is InChI=1S/C38H56O9/c1-21(2)22(3)32-33(47-32)35(5,45)30-10-14-38(46)27-17-31(44)37(20-40)19-29(43)28(42)18-34(37,4)26(27)9-13-36(30,38)12-8-24-16-25(41)7-6-23(24)11-15-39/h6-7,16-17,21-22,26,28-30,32-33,39-43,45-46H,8-15,18-20H2,1-5H3/t22-,26+,28+,29-,30-,32+,33-,34-,35-,36-,37-,38-/m1/s1. The number of aliphatic hydroxyl groups excluding tert-OH is 4. The van der Waals surface area contributed by atoms with E-state index in [1.807, 2.05) is 19.9 Å². The first-order valence-electron chi connectivity index (χ1n) is 17.8. The first kappa shape index (κ1) is 35.0. The zero-order valence-electron chi connectivity index (χ0n) is 28.7. The molecular weight excluding hydrogens is 600 g/mol. The van der Waals surface area contributed by atoms with Crippen molar-refractivity contribution < 1.29 is 45.3 Å². The smallest absolute Gasteiger partial charge is 0.164 e. The molecule has 47 heavy (non-hydrogen) atoms. The van der Waals surface area contributed by atoms with E-state index >= 15 is 0 Å². The summed E-state index contributed by atoms with van der Waals surface area (Å²) in [5, 5.41) is 78.2. The number of aryl methyl sites for hydroxylation is 1. The number of hydrogen-bond donors (Lipinski definition) is 7. The third kappa shape index (κ3) is 5.01. The minimum atomic E-state index is -1.45. The van der Waals surface area contributed by atoms with Crippen molar-refractivity contribution in [1.82, 2.24) is 0 Å². The van der Waals surface area contributed by atoms with E-state index in [0.717, 1.165) is 11.1 Å². The van der Waals surface area contributed by atoms with Crippen molar-refractivity contribution in [2.24, 2.45) is 39.9 Å². The lowest BCUT2D eigenvalue weighted by atomic mass is 9.40. The molecule has 7 N–H and O–H groups in total. The van der Waals surface area contributed by atoms with Crippen molar-refractivity contribution in [3.63, 3.8) is 0 Å². The molecule has 0 aromatic heterocycles. The largest absolute Gasteiger partial charge is 0.508 e. The van der Waals surface area contributed by atoms with Crippen molar-refractivity contribution in [3.8, 4) is 5.75 Å². The molecule has 12 atom stereocenters. The molecule has 0 spiro atoms. The second-order valence-electron chi connectivity index (χ2n) is 16.6. The number of phenols is 1. The van der Waals surface area contributed by atoms with Crippen LogP contribution in [-0.2, 0) is 22.4 Å². The van der Waals surface area contributed by atoms with Gasteiger partial charge in [0.05, 0.1) is 41.5 Å². The Kier molecular flexibility index (Phi) is 8.85. The number of epoxide rings is 1. The molecule has 0 bridgehead atoms. The van der Waals surface area contributed by atoms with Gasteiger partial charge in [-0.2, -0.15) is 0 Å². The molecule has 9 heteroatoms. The van der Waals surface area contributed by atoms with Gasteiger partial charge in [-0.25, -0.2) is 0 Å². The molecular formula is C38H56O9. The quantitative estimate of drug-likeness (QED) is 0.187. The maximum Gasteiger partial charge on any atom is 0.164 e. The Morgan fingerprint density at radius 1 is 1.02 bits per heavy atom. The van der Waals surface area contributed by atoms with E-state index in [-0.39, 0.29) is 60.9 Å². The van der Waals surface area contributed by atoms with Crippen LogP contribution in [0.25, 0.3) is 0 Å². The Balaban J connectivity index is 1.45. The minimum absolute atomic E-state index is 0.0406. The molecule has 1 aromatic rings. The number of benzene rings is 1. The van der Waals surface area contributed by atoms with E-state index in [0.29, 0.717) is 56.4 Å². The number of ketones is 1. The summed E-state index contributed by atoms with van der Waals surface area (Å²) in [5.74, 6) is -0.263. The number of aliphatic hydroxyl groups is 6. The zero-order valence-corrected chi connectivity index (χ0v) is 28.7. The maximum absolute atomic E-state index is 14.2. The van der Waals surface area contributed by atoms with E-state index in [2.05, 4.69) is 20.8 Å². The number of phenolic OH excluding ortho intramolecular Hbond substituents is 1. The molecule has 1 saturated heterocycles. The van der Waals surface area contributed by atoms with Crippen LogP contribution in [0.2, 0.25) is 0 Å². The number of carbonyl (C=O) groups is 1. The molecule has 1 heterocycles. The Morgan fingerprint density at radius 2 is 1.72 bits per heavy atom. The van der Waals surface area contributed by atoms with Gasteiger partial charge < -0.3 is 40.5 Å². The number of allylic oxidation sites excluding steroid dienone is 1. The summed E-state index contributed by atoms with van der Waals surface area (Å²) in [6.07, 6.45) is 2.37. The summed E-state index contributed by atoms with van der Waals surface area (Å²) in [6.45, 7) is 9.72. The number of hydrogen-bond acceptors (Lipinski definition) is 9. The predicted octanol–water partition coefficient (Wildman–Crippen LogP) is 3.22. The fraction of sp³-hybridized carbons (Fsp3) is 0.763. The predicted molar refractivity (Wildman–Crippen MR) is 175 cm³/mol. The van der Waals surface area contributed by atoms with Gasteiger partial charge in [-0.3, -0.25) is 4.79 Å². The van der Waals surface area contributed by atoms with E-state index in [9.17, 15) is 40.5 Å². The molecule has 262 valence electrons. The van der Waals surface area contributed by atoms with E-state index in [1.165, 1.54) is 0 Å². The summed E-state index contributed by atoms with van der Waals surface area (Å²) < 4.78 is 6.22. The van der Waals surface area contributed by atoms with Gasteiger partial charge in [-0.1, -0.05) is 33.8 Å². The molecule has 6 rings (SSSR count). The highest BCUT2D eigenvalue weighted by Crippen LogP contribution is 2.72. The van der Waals surface area contributed by atoms with Gasteiger partial charge >= 0.3 is 0 Å². The lowest BCUT2D eigenvalue weighted by Crippen LogP contribution is -2.67. The van der Waals surface area contributed by atoms with Gasteiger partial charge in [-0.15, -0.1) is 0 Å². The van der Waals surface area contributed by atoms with Gasteiger partial charge in [0.1, 0.15) is 11.9 Å². The SMILES string of the molecule is CC(C)[C@@H](C)[C@@H]1O[C@H]1[C@](C)(O)[C@H]1CC[C@@]2(O)C3=CC(=O)[C@]4(CO)C[C@@H](O)[C@@H](O)C[C@]4(C)[C@H]3CC[C@]12CCc1cc(O)ccc1CCO. The maximum atomic E-state index is 14.2. The summed E-state index contributed by atoms with van der Waals surface area (Å²) in [4.78, 5) is 14.2. The molecule has 9 nitrogen and oxygen atoms in total. The fourth-order valence-corrected chi connectivity index (χ4v) is 11.2. The van der Waals surface area contributed by atoms with Crippen molar-refractivity contribution in [1.29, 1.82) is 0 Å². The van der Waals surface area contributed by atoms with Gasteiger partial charge in [0.2, 0.25) is 0 Å². The Labute approximate surface area is 278 Å². The second kappa shape index (κ2) is 11.9. The highest BCUT2D eigenvalue weighted by atomic mass is 16.6. The highest BCUT2D eigenvalue weighted by molar-refractivity contribution is 5.98. The van der Waals surface area contributed by atoms with Crippen molar-refractivity contribution in [2.75, 3.05) is 13.2 Å². The lowest BCUT2D eigenvalue weighted by Gasteiger charge is -2.64. The number of carbonyl (C=O) groups excluding carboxylic acids is 1. The van der Waals surface area contributed by atoms with E-state index < -0.39 is 46.3 Å². The Bertz CT molecular complexity index is 1410. The number of rotatable bonds is 10. The molecule has 4 aliphatic carbocycles. The summed E-state index contributed by atoms with van der Waals surface area (Å²) >= 11 is 0. The molecule has 0 amide bonds. The van der Waals surface area contributed by atoms with Crippen LogP contribution in [0.15, 0.2) is 29.8 Å². The molecule has 4 fully saturated rings. The normalized spacial score (nSPS) is 43.1. The van der Waals surface area contributed by atoms with Crippen molar-refractivity contribution >= 4 is 5.78 Å². The van der Waals surface area contributed by atoms with Crippen molar-refractivity contribution in [3.05, 3.63) is 41.0 Å². The van der Waals surface area contributed by atoms with Crippen LogP contribution in [0.5, 0.6) is 5.75 Å². The second-order valence-corrected chi connectivity index (χ2v) is 16.6. The third-order valence-electron chi connectivity index (χ3n) is 14.3. The van der Waals surface area contributed by atoms with Crippen LogP contribution in [0, 0.1) is 39.9 Å². The van der Waals surface area contributed by atoms with Gasteiger partial charge in [-0.05, 0) is 129 Å². The third-order valence-corrected chi connectivity index (χ3v) is 14.3. The van der Waals surface area contributed by atoms with Gasteiger partial charge in [0.15, 0.2) is 5.78 Å². The molecule has 0 unspecified atom stereocenters. The van der Waals surface area contributed by atoms with E-state index in [1.54, 1.807) is 18.2 Å². The van der Waals surface area contributed by atoms with Gasteiger partial charge in [0.25, 0.3) is 0 Å². The topological polar surface area (TPSA) is 171 Å². The van der Waals surface area contributed by atoms with Crippen LogP contribution >= 0.6 is 0 Å². The highest BCUT2D eigenvalue weighted by Gasteiger charge is 2.74. The van der Waals surface area contributed by atoms with Crippen LogP contribution in [0.1, 0.15) is 90.7 Å². The monoisotopic (exact) mass is 656 g/mol. The molecule has 5 aliphatic rings. The van der Waals surface area contributed by atoms with Gasteiger partial charge in [0, 0.05) is 12.0 Å². The van der Waals surface area contributed by atoms with Crippen LogP contribution in [0.4, 0.5) is 0 Å². The van der Waals surface area contributed by atoms with Crippen LogP contribution in [0.3, 0.4) is 0 Å². The summed E-state index contributed by atoms with van der Waals surface area (Å²) in [6, 6.07) is 5.15. The minimum Gasteiger partial charge on any atom is -0.508 e. The Hall–Kier alpha value is -1.85. The lowest BCUT2D eigenvalue weighted by molar-refractivity contribution is -0.195. The number of ether oxygens (including phenoxy) is 1. The van der Waals surface area contributed by atoms with Crippen LogP contribution in [-0.4, -0.2) is 90.4 Å². The number of aromatic hydroxyl groups is 1. The average Bonchev–Trinajstić information content (AvgIpc) is 3.76. The number of fused-ring (bicyclic) bond motifs is 5. The summed E-state index contributed by atoms with van der Waals surface area (Å²) in [5.41, 5.74) is -3.29. The molecule has 3 saturated carbocycles. The first-order chi connectivity index (χ1) is 22.0. The summed E-state index contributed by atoms with van der Waals surface area (Å²) in [7, 11) is 0. The molecule has 0 radical (unpaired) electrons. The average molecular weight is 657 g/mol. The molecule has 1 aromatic carbocycles.